The molecule has 0 fully saturated rings. The van der Waals surface area contributed by atoms with E-state index in [0.717, 1.165) is 24.1 Å². The van der Waals surface area contributed by atoms with Crippen LogP contribution >= 0.6 is 11.8 Å². The molecule has 1 atom stereocenters. The number of ether oxygens (including phenoxy) is 1. The number of nitrogens with zero attached hydrogens (tertiary/aromatic N) is 1. The van der Waals surface area contributed by atoms with Crippen molar-refractivity contribution in [2.45, 2.75) is 38.3 Å². The Bertz CT molecular complexity index is 887. The highest BCUT2D eigenvalue weighted by atomic mass is 32.2. The number of benzene rings is 2. The fourth-order valence-corrected chi connectivity index (χ4v) is 3.85. The van der Waals surface area contributed by atoms with Crippen LogP contribution in [0, 0.1) is 0 Å². The van der Waals surface area contributed by atoms with Crippen LogP contribution in [0.2, 0.25) is 0 Å². The monoisotopic (exact) mass is 472 g/mol. The minimum Gasteiger partial charge on any atom is -0.480 e. The molecule has 0 heterocycles. The summed E-state index contributed by atoms with van der Waals surface area (Å²) in [5.74, 6) is -0.743. The smallest absolute Gasteiger partial charge is 0.328 e. The molecule has 0 aliphatic carbocycles. The molecule has 2 aromatic rings. The molecule has 0 aromatic heterocycles. The summed E-state index contributed by atoms with van der Waals surface area (Å²) in [6.45, 7) is 0.168. The standard InChI is InChI=1S/C25H32N2O5S/c1-27(2)21-14-12-19(13-15-21)17-32-18-22(24(29)30)26-23(28)11-7-4-8-16-33-25(31)20-9-5-3-6-10-20/h3,5-6,9-10,12-15,22H,4,7-8,11,16-18H2,1-2H3,(H,26,28)(H,29,30)/t22-/m0/s1. The summed E-state index contributed by atoms with van der Waals surface area (Å²) in [4.78, 5) is 37.6. The zero-order valence-corrected chi connectivity index (χ0v) is 20.0. The fraction of sp³-hybridized carbons (Fsp3) is 0.400. The average molecular weight is 473 g/mol. The number of hydrogen-bond donors (Lipinski definition) is 2. The second kappa shape index (κ2) is 14.3. The predicted octanol–water partition coefficient (Wildman–Crippen LogP) is 3.97. The van der Waals surface area contributed by atoms with E-state index in [1.165, 1.54) is 11.8 Å². The number of hydrogen-bond acceptors (Lipinski definition) is 6. The summed E-state index contributed by atoms with van der Waals surface area (Å²) >= 11 is 1.28. The Kier molecular flexibility index (Phi) is 11.5. The molecule has 1 amide bonds. The molecule has 0 aliphatic heterocycles. The van der Waals surface area contributed by atoms with Crippen molar-refractivity contribution in [3.63, 3.8) is 0 Å². The van der Waals surface area contributed by atoms with Gasteiger partial charge in [0.15, 0.2) is 6.04 Å². The van der Waals surface area contributed by atoms with Gasteiger partial charge in [0.05, 0.1) is 13.2 Å². The summed E-state index contributed by atoms with van der Waals surface area (Å²) in [6, 6.07) is 15.8. The van der Waals surface area contributed by atoms with Crippen LogP contribution < -0.4 is 10.2 Å². The van der Waals surface area contributed by atoms with E-state index >= 15 is 0 Å². The fourth-order valence-electron chi connectivity index (χ4n) is 3.01. The SMILES string of the molecule is CN(C)c1ccc(COC[C@H](NC(=O)CCCCCSC(=O)c2ccccc2)C(=O)O)cc1. The molecule has 2 aromatic carbocycles. The number of thioether (sulfide) groups is 1. The van der Waals surface area contributed by atoms with Gasteiger partial charge in [-0.2, -0.15) is 0 Å². The van der Waals surface area contributed by atoms with Gasteiger partial charge in [-0.1, -0.05) is 60.6 Å². The molecule has 0 saturated carbocycles. The van der Waals surface area contributed by atoms with Crippen LogP contribution in [0.1, 0.15) is 41.6 Å². The highest BCUT2D eigenvalue weighted by Gasteiger charge is 2.20. The number of unbranched alkanes of at least 4 members (excludes halogenated alkanes) is 2. The van der Waals surface area contributed by atoms with E-state index in [4.69, 9.17) is 4.74 Å². The van der Waals surface area contributed by atoms with Gasteiger partial charge in [0.25, 0.3) is 0 Å². The summed E-state index contributed by atoms with van der Waals surface area (Å²) in [7, 11) is 3.91. The van der Waals surface area contributed by atoms with Gasteiger partial charge in [-0.25, -0.2) is 4.79 Å². The first-order valence-corrected chi connectivity index (χ1v) is 11.9. The van der Waals surface area contributed by atoms with Gasteiger partial charge in [-0.15, -0.1) is 0 Å². The lowest BCUT2D eigenvalue weighted by Gasteiger charge is -2.16. The lowest BCUT2D eigenvalue weighted by molar-refractivity contribution is -0.143. The van der Waals surface area contributed by atoms with E-state index in [0.29, 0.717) is 17.7 Å². The van der Waals surface area contributed by atoms with Crippen LogP contribution in [0.25, 0.3) is 0 Å². The van der Waals surface area contributed by atoms with Gasteiger partial charge in [-0.3, -0.25) is 9.59 Å². The van der Waals surface area contributed by atoms with Crippen LogP contribution in [-0.4, -0.2) is 54.6 Å². The van der Waals surface area contributed by atoms with E-state index < -0.39 is 12.0 Å². The quantitative estimate of drug-likeness (QED) is 0.402. The third-order valence-electron chi connectivity index (χ3n) is 4.93. The minimum absolute atomic E-state index is 0.0475. The van der Waals surface area contributed by atoms with Crippen LogP contribution in [0.4, 0.5) is 5.69 Å². The molecule has 0 aliphatic rings. The molecule has 0 unspecified atom stereocenters. The van der Waals surface area contributed by atoms with Crippen molar-refractivity contribution >= 4 is 34.4 Å². The highest BCUT2D eigenvalue weighted by Crippen LogP contribution is 2.15. The average Bonchev–Trinajstić information content (AvgIpc) is 2.81. The topological polar surface area (TPSA) is 95.9 Å². The first kappa shape index (κ1) is 26.4. The number of nitrogens with one attached hydrogen (secondary N) is 1. The number of amides is 1. The van der Waals surface area contributed by atoms with Gasteiger partial charge < -0.3 is 20.1 Å². The van der Waals surface area contributed by atoms with E-state index in [9.17, 15) is 19.5 Å². The normalized spacial score (nSPS) is 11.6. The summed E-state index contributed by atoms with van der Waals surface area (Å²) in [5, 5.41) is 11.9. The predicted molar refractivity (Wildman–Crippen MR) is 132 cm³/mol. The maximum absolute atomic E-state index is 12.1. The molecule has 0 saturated heterocycles. The number of carboxylic acids is 1. The lowest BCUT2D eigenvalue weighted by Crippen LogP contribution is -2.43. The van der Waals surface area contributed by atoms with E-state index in [1.807, 2.05) is 61.5 Å². The molecule has 0 spiro atoms. The Labute approximate surface area is 199 Å². The number of aliphatic carboxylic acids is 1. The molecule has 0 radical (unpaired) electrons. The number of anilines is 1. The van der Waals surface area contributed by atoms with Gasteiger partial charge in [-0.05, 0) is 30.5 Å². The molecule has 33 heavy (non-hydrogen) atoms. The number of rotatable bonds is 14. The zero-order valence-electron chi connectivity index (χ0n) is 19.2. The van der Waals surface area contributed by atoms with Gasteiger partial charge in [0.1, 0.15) is 0 Å². The molecule has 178 valence electrons. The molecular weight excluding hydrogens is 440 g/mol. The van der Waals surface area contributed by atoms with Gasteiger partial charge in [0.2, 0.25) is 11.0 Å². The Balaban J connectivity index is 1.61. The highest BCUT2D eigenvalue weighted by molar-refractivity contribution is 8.14. The Morgan fingerprint density at radius 2 is 1.70 bits per heavy atom. The molecule has 2 rings (SSSR count). The largest absolute Gasteiger partial charge is 0.480 e. The first-order chi connectivity index (χ1) is 15.9. The van der Waals surface area contributed by atoms with Gasteiger partial charge >= 0.3 is 5.97 Å². The minimum atomic E-state index is -1.12. The van der Waals surface area contributed by atoms with Gasteiger partial charge in [0, 0.05) is 37.5 Å². The van der Waals surface area contributed by atoms with Crippen LogP contribution in [0.5, 0.6) is 0 Å². The van der Waals surface area contributed by atoms with Crippen molar-refractivity contribution in [1.29, 1.82) is 0 Å². The Morgan fingerprint density at radius 1 is 1.00 bits per heavy atom. The van der Waals surface area contributed by atoms with Crippen molar-refractivity contribution in [2.24, 2.45) is 0 Å². The van der Waals surface area contributed by atoms with Crippen LogP contribution in [-0.2, 0) is 20.9 Å². The van der Waals surface area contributed by atoms with Crippen molar-refractivity contribution in [2.75, 3.05) is 31.4 Å². The second-order valence-electron chi connectivity index (χ2n) is 7.85. The van der Waals surface area contributed by atoms with Crippen molar-refractivity contribution < 1.29 is 24.2 Å². The van der Waals surface area contributed by atoms with Crippen LogP contribution in [0.3, 0.4) is 0 Å². The maximum atomic E-state index is 12.1. The van der Waals surface area contributed by atoms with Crippen LogP contribution in [0.15, 0.2) is 54.6 Å². The molecule has 7 nitrogen and oxygen atoms in total. The summed E-state index contributed by atoms with van der Waals surface area (Å²) in [5.41, 5.74) is 2.69. The summed E-state index contributed by atoms with van der Waals surface area (Å²) in [6.07, 6.45) is 2.48. The number of carbonyl (C=O) groups excluding carboxylic acids is 2. The molecule has 8 heteroatoms. The van der Waals surface area contributed by atoms with Crippen molar-refractivity contribution in [1.82, 2.24) is 5.32 Å². The number of carbonyl (C=O) groups is 3. The molecule has 2 N–H and O–H groups in total. The third kappa shape index (κ3) is 10.1. The zero-order chi connectivity index (χ0) is 24.1. The maximum Gasteiger partial charge on any atom is 0.328 e. The third-order valence-corrected chi connectivity index (χ3v) is 5.92. The molecular formula is C25H32N2O5S. The summed E-state index contributed by atoms with van der Waals surface area (Å²) < 4.78 is 5.52. The molecule has 0 bridgehead atoms. The van der Waals surface area contributed by atoms with E-state index in [-0.39, 0.29) is 30.7 Å². The number of carboxylic acid groups (broad SMARTS) is 1. The Morgan fingerprint density at radius 3 is 2.33 bits per heavy atom. The second-order valence-corrected chi connectivity index (χ2v) is 8.91. The lowest BCUT2D eigenvalue weighted by atomic mass is 10.2. The Hall–Kier alpha value is -2.84. The first-order valence-electron chi connectivity index (χ1n) is 10.9. The van der Waals surface area contributed by atoms with Crippen molar-refractivity contribution in [3.05, 3.63) is 65.7 Å². The van der Waals surface area contributed by atoms with E-state index in [2.05, 4.69) is 5.32 Å². The van der Waals surface area contributed by atoms with Crippen molar-refractivity contribution in [3.8, 4) is 0 Å². The van der Waals surface area contributed by atoms with E-state index in [1.54, 1.807) is 12.1 Å².